The summed E-state index contributed by atoms with van der Waals surface area (Å²) in [5, 5.41) is 10.7. The number of ether oxygens (including phenoxy) is 4. The van der Waals surface area contributed by atoms with E-state index in [1.807, 2.05) is 44.0 Å². The van der Waals surface area contributed by atoms with Crippen LogP contribution in [0.5, 0.6) is 23.0 Å². The molecule has 0 aliphatic rings. The number of aldehydes is 1. The molecule has 0 aliphatic heterocycles. The number of nitrogens with zero attached hydrogens (tertiary/aromatic N) is 4. The summed E-state index contributed by atoms with van der Waals surface area (Å²) in [6.45, 7) is 0.598. The molecule has 0 bridgehead atoms. The lowest BCUT2D eigenvalue weighted by molar-refractivity contribution is 0.112. The molecule has 5 N–H and O–H groups in total. The zero-order valence-electron chi connectivity index (χ0n) is 26.6. The summed E-state index contributed by atoms with van der Waals surface area (Å²) in [6.07, 6.45) is 7.91. The molecule has 0 atom stereocenters. The van der Waals surface area contributed by atoms with Gasteiger partial charge in [-0.2, -0.15) is 0 Å². The number of hydrogen-bond acceptors (Lipinski definition) is 15. The largest absolute Gasteiger partial charge is 0.497 e. The van der Waals surface area contributed by atoms with Crippen molar-refractivity contribution in [2.45, 2.75) is 16.9 Å². The minimum atomic E-state index is 0.482. The van der Waals surface area contributed by atoms with Crippen molar-refractivity contribution >= 4 is 52.8 Å². The summed E-state index contributed by atoms with van der Waals surface area (Å²) in [5.41, 5.74) is 8.57. The second-order valence-electron chi connectivity index (χ2n) is 8.61. The third-order valence-corrected chi connectivity index (χ3v) is 6.93. The molecule has 242 valence electrons. The molecule has 0 saturated carbocycles. The van der Waals surface area contributed by atoms with Crippen molar-refractivity contribution in [3.63, 3.8) is 0 Å². The first-order chi connectivity index (χ1) is 21.8. The highest BCUT2D eigenvalue weighted by atomic mass is 32.2. The van der Waals surface area contributed by atoms with Crippen molar-refractivity contribution in [3.05, 3.63) is 59.9 Å². The average molecular weight is 657 g/mol. The number of benzene rings is 2. The Morgan fingerprint density at radius 3 is 1.64 bits per heavy atom. The van der Waals surface area contributed by atoms with Gasteiger partial charge in [0.1, 0.15) is 34.6 Å². The van der Waals surface area contributed by atoms with Gasteiger partial charge < -0.3 is 40.6 Å². The first kappa shape index (κ1) is 36.6. The van der Waals surface area contributed by atoms with Crippen LogP contribution in [0, 0.1) is 0 Å². The van der Waals surface area contributed by atoms with Crippen molar-refractivity contribution in [3.8, 4) is 23.0 Å². The van der Waals surface area contributed by atoms with Crippen LogP contribution in [0.25, 0.3) is 0 Å². The van der Waals surface area contributed by atoms with Crippen molar-refractivity contribution in [1.82, 2.24) is 19.9 Å². The van der Waals surface area contributed by atoms with Crippen LogP contribution < -0.4 is 40.6 Å². The van der Waals surface area contributed by atoms with Crippen LogP contribution in [-0.4, -0.2) is 81.3 Å². The smallest absolute Gasteiger partial charge is 0.189 e. The summed E-state index contributed by atoms with van der Waals surface area (Å²) in [6, 6.07) is 10.9. The third-order valence-electron chi connectivity index (χ3n) is 5.81. The molecule has 15 heteroatoms. The summed E-state index contributed by atoms with van der Waals surface area (Å²) >= 11 is 2.96. The first-order valence-corrected chi connectivity index (χ1v) is 15.8. The molecule has 0 saturated heterocycles. The van der Waals surface area contributed by atoms with Crippen LogP contribution in [0.15, 0.2) is 59.1 Å². The summed E-state index contributed by atoms with van der Waals surface area (Å²) in [5.74, 6) is 4.30. The van der Waals surface area contributed by atoms with Crippen LogP contribution >= 0.6 is 23.5 Å². The highest BCUT2D eigenvalue weighted by molar-refractivity contribution is 7.98. The number of methoxy groups -OCH3 is 4. The molecule has 13 nitrogen and oxygen atoms in total. The molecule has 4 rings (SSSR count). The van der Waals surface area contributed by atoms with Gasteiger partial charge in [-0.15, -0.1) is 0 Å². The van der Waals surface area contributed by atoms with Gasteiger partial charge in [-0.05, 0) is 12.5 Å². The van der Waals surface area contributed by atoms with Crippen molar-refractivity contribution < 1.29 is 23.7 Å². The highest BCUT2D eigenvalue weighted by Gasteiger charge is 2.07. The van der Waals surface area contributed by atoms with Gasteiger partial charge in [-0.3, -0.25) is 4.79 Å². The molecule has 0 fully saturated rings. The van der Waals surface area contributed by atoms with E-state index in [0.717, 1.165) is 40.0 Å². The monoisotopic (exact) mass is 656 g/mol. The van der Waals surface area contributed by atoms with E-state index in [2.05, 4.69) is 35.9 Å². The maximum Gasteiger partial charge on any atom is 0.189 e. The number of nitrogens with two attached hydrogens (primary N) is 1. The Bertz CT molecular complexity index is 1470. The van der Waals surface area contributed by atoms with Gasteiger partial charge in [0.2, 0.25) is 0 Å². The predicted molar refractivity (Wildman–Crippen MR) is 183 cm³/mol. The van der Waals surface area contributed by atoms with E-state index in [4.69, 9.17) is 24.7 Å². The zero-order valence-corrected chi connectivity index (χ0v) is 28.3. The molecule has 4 aromatic rings. The Morgan fingerprint density at radius 1 is 0.733 bits per heavy atom. The number of rotatable bonds is 12. The molecule has 0 aliphatic carbocycles. The van der Waals surface area contributed by atoms with E-state index >= 15 is 0 Å². The maximum absolute atomic E-state index is 10.5. The van der Waals surface area contributed by atoms with E-state index < -0.39 is 0 Å². The molecule has 45 heavy (non-hydrogen) atoms. The average Bonchev–Trinajstić information content (AvgIpc) is 3.10. The number of nitrogen functional groups attached to an aromatic ring is 1. The van der Waals surface area contributed by atoms with Crippen molar-refractivity contribution in [2.75, 3.05) is 76.7 Å². The predicted octanol–water partition coefficient (Wildman–Crippen LogP) is 5.21. The zero-order chi connectivity index (χ0) is 33.2. The Balaban J connectivity index is 0.000000259. The number of thioether (sulfide) groups is 2. The van der Waals surface area contributed by atoms with Gasteiger partial charge in [0.25, 0.3) is 0 Å². The van der Waals surface area contributed by atoms with Crippen LogP contribution in [-0.2, 0) is 6.54 Å². The second-order valence-corrected chi connectivity index (χ2v) is 10.2. The minimum absolute atomic E-state index is 0.482. The lowest BCUT2D eigenvalue weighted by Gasteiger charge is -2.13. The van der Waals surface area contributed by atoms with Crippen LogP contribution in [0.3, 0.4) is 0 Å². The van der Waals surface area contributed by atoms with E-state index in [9.17, 15) is 4.79 Å². The Morgan fingerprint density at radius 2 is 1.20 bits per heavy atom. The lowest BCUT2D eigenvalue weighted by Crippen LogP contribution is -2.06. The van der Waals surface area contributed by atoms with Gasteiger partial charge >= 0.3 is 0 Å². The van der Waals surface area contributed by atoms with Gasteiger partial charge in [0.15, 0.2) is 16.6 Å². The van der Waals surface area contributed by atoms with Gasteiger partial charge in [-0.1, -0.05) is 23.5 Å². The van der Waals surface area contributed by atoms with E-state index in [-0.39, 0.29) is 0 Å². The number of carbonyl (C=O) groups is 1. The van der Waals surface area contributed by atoms with Gasteiger partial charge in [-0.25, -0.2) is 19.9 Å². The standard InChI is InChI=1S/C15H20N4O2S.C8H11NO2.C7H9N3OS/c1-16-14-10(9-18-15(19-14)22-4)8-17-11-5-12(20-2)7-13(6-11)21-3;1-10-7-3-6(9)4-8(5-7)11-2;1-8-6-5(4-11)3-9-7(10-6)12-2/h5-7,9,17H,8H2,1-4H3,(H,16,18,19);3-5H,9H2,1-2H3;3-4H,1-2H3,(H,8,9,10). The molecule has 2 heterocycles. The first-order valence-electron chi connectivity index (χ1n) is 13.3. The topological polar surface area (TPSA) is 168 Å². The van der Waals surface area contributed by atoms with E-state index in [1.165, 1.54) is 29.7 Å². The number of aromatic nitrogens is 4. The molecule has 0 spiro atoms. The molecular formula is C30H40N8O5S2. The summed E-state index contributed by atoms with van der Waals surface area (Å²) in [7, 11) is 10.0. The molecule has 2 aromatic heterocycles. The fraction of sp³-hybridized carbons (Fsp3) is 0.300. The van der Waals surface area contributed by atoms with Gasteiger partial charge in [0, 0.05) is 86.4 Å². The fourth-order valence-corrected chi connectivity index (χ4v) is 4.21. The summed E-state index contributed by atoms with van der Waals surface area (Å²) in [4.78, 5) is 27.3. The highest BCUT2D eigenvalue weighted by Crippen LogP contribution is 2.27. The SMILES string of the molecule is CNc1nc(SC)ncc1C=O.CNc1nc(SC)ncc1CNc1cc(OC)cc(OC)c1.COc1cc(N)cc(OC)c1. The molecule has 2 aromatic carbocycles. The Hall–Kier alpha value is -4.63. The number of carbonyl (C=O) groups excluding carboxylic acids is 1. The molecule has 0 radical (unpaired) electrons. The van der Waals surface area contributed by atoms with E-state index in [0.29, 0.717) is 40.3 Å². The maximum atomic E-state index is 10.5. The summed E-state index contributed by atoms with van der Waals surface area (Å²) < 4.78 is 20.5. The molecular weight excluding hydrogens is 617 g/mol. The fourth-order valence-electron chi connectivity index (χ4n) is 3.53. The van der Waals surface area contributed by atoms with E-state index in [1.54, 1.807) is 53.7 Å². The number of hydrogen-bond donors (Lipinski definition) is 4. The van der Waals surface area contributed by atoms with Crippen LogP contribution in [0.1, 0.15) is 15.9 Å². The third kappa shape index (κ3) is 11.8. The Labute approximate surface area is 272 Å². The number of nitrogens with one attached hydrogen (secondary N) is 3. The van der Waals surface area contributed by atoms with Crippen LogP contribution in [0.2, 0.25) is 0 Å². The second kappa shape index (κ2) is 19.6. The molecule has 0 amide bonds. The van der Waals surface area contributed by atoms with Crippen molar-refractivity contribution in [1.29, 1.82) is 0 Å². The lowest BCUT2D eigenvalue weighted by atomic mass is 10.2. The minimum Gasteiger partial charge on any atom is -0.497 e. The Kier molecular flexibility index (Phi) is 15.9. The normalized spacial score (nSPS) is 9.78. The molecule has 0 unspecified atom stereocenters. The van der Waals surface area contributed by atoms with Crippen molar-refractivity contribution in [2.24, 2.45) is 0 Å². The quantitative estimate of drug-likeness (QED) is 0.0678. The van der Waals surface area contributed by atoms with Crippen LogP contribution in [0.4, 0.5) is 23.0 Å². The van der Waals surface area contributed by atoms with Gasteiger partial charge in [0.05, 0.1) is 34.0 Å². The number of anilines is 4.